The van der Waals surface area contributed by atoms with Crippen LogP contribution in [-0.2, 0) is 28.6 Å². The van der Waals surface area contributed by atoms with E-state index < -0.39 is 6.10 Å². The monoisotopic (exact) mass is 851 g/mol. The minimum Gasteiger partial charge on any atom is -0.462 e. The lowest BCUT2D eigenvalue weighted by Crippen LogP contribution is -2.30. The van der Waals surface area contributed by atoms with Gasteiger partial charge in [0.15, 0.2) is 6.10 Å². The molecule has 0 aliphatic carbocycles. The molecule has 1 atom stereocenters. The molecule has 0 aromatic rings. The van der Waals surface area contributed by atoms with Crippen molar-refractivity contribution in [1.82, 2.24) is 0 Å². The van der Waals surface area contributed by atoms with Gasteiger partial charge in [-0.3, -0.25) is 14.4 Å². The third kappa shape index (κ3) is 47.7. The molecule has 0 rings (SSSR count). The van der Waals surface area contributed by atoms with E-state index in [1.807, 2.05) is 0 Å². The Morgan fingerprint density at radius 3 is 1.13 bits per heavy atom. The van der Waals surface area contributed by atoms with Gasteiger partial charge in [0.1, 0.15) is 13.2 Å². The molecule has 6 heteroatoms. The second-order valence-corrected chi connectivity index (χ2v) is 16.7. The van der Waals surface area contributed by atoms with Gasteiger partial charge in [-0.25, -0.2) is 0 Å². The SMILES string of the molecule is CC/C=C\C/C=C\CCCCC(=O)OCC(COC(=O)CCCCCCC/C=C\C=C/CCCCCCCCC)OC(=O)CCCCC/C=C\C=C/CCCCCCCCC. The summed E-state index contributed by atoms with van der Waals surface area (Å²) in [6.07, 6.45) is 61.9. The van der Waals surface area contributed by atoms with Crippen LogP contribution in [0.1, 0.15) is 239 Å². The number of esters is 3. The van der Waals surface area contributed by atoms with Crippen molar-refractivity contribution < 1.29 is 28.6 Å². The number of carbonyl (C=O) groups excluding carboxylic acids is 3. The number of rotatable bonds is 45. The van der Waals surface area contributed by atoms with Crippen LogP contribution in [0.3, 0.4) is 0 Å². The minimum atomic E-state index is -0.807. The van der Waals surface area contributed by atoms with Crippen LogP contribution in [0.4, 0.5) is 0 Å². The molecule has 0 amide bonds. The second kappa shape index (κ2) is 49.5. The van der Waals surface area contributed by atoms with E-state index in [1.54, 1.807) is 0 Å². The lowest BCUT2D eigenvalue weighted by Gasteiger charge is -2.18. The van der Waals surface area contributed by atoms with Crippen molar-refractivity contribution >= 4 is 17.9 Å². The summed E-state index contributed by atoms with van der Waals surface area (Å²) < 4.78 is 16.7. The van der Waals surface area contributed by atoms with Gasteiger partial charge in [0.2, 0.25) is 0 Å². The van der Waals surface area contributed by atoms with Gasteiger partial charge in [-0.15, -0.1) is 0 Å². The molecule has 0 N–H and O–H groups in total. The maximum Gasteiger partial charge on any atom is 0.306 e. The van der Waals surface area contributed by atoms with Gasteiger partial charge in [-0.05, 0) is 96.3 Å². The molecule has 0 spiro atoms. The van der Waals surface area contributed by atoms with Crippen LogP contribution < -0.4 is 0 Å². The summed E-state index contributed by atoms with van der Waals surface area (Å²) in [5.41, 5.74) is 0. The van der Waals surface area contributed by atoms with Crippen LogP contribution in [0, 0.1) is 0 Å². The average molecular weight is 851 g/mol. The molecule has 6 nitrogen and oxygen atoms in total. The van der Waals surface area contributed by atoms with Crippen molar-refractivity contribution in [3.63, 3.8) is 0 Å². The number of unbranched alkanes of at least 4 members (excludes halogenated alkanes) is 24. The fourth-order valence-corrected chi connectivity index (χ4v) is 6.87. The molecule has 0 saturated heterocycles. The van der Waals surface area contributed by atoms with Gasteiger partial charge >= 0.3 is 17.9 Å². The first kappa shape index (κ1) is 57.9. The number of ether oxygens (including phenoxy) is 3. The van der Waals surface area contributed by atoms with Crippen molar-refractivity contribution in [2.45, 2.75) is 245 Å². The topological polar surface area (TPSA) is 78.9 Å². The fraction of sp³-hybridized carbons (Fsp3) is 0.727. The third-order valence-electron chi connectivity index (χ3n) is 10.7. The van der Waals surface area contributed by atoms with E-state index in [-0.39, 0.29) is 37.5 Å². The Hall–Kier alpha value is -3.15. The summed E-state index contributed by atoms with van der Waals surface area (Å²) in [6.45, 7) is 6.43. The third-order valence-corrected chi connectivity index (χ3v) is 10.7. The Kier molecular flexibility index (Phi) is 46.9. The van der Waals surface area contributed by atoms with Gasteiger partial charge < -0.3 is 14.2 Å². The second-order valence-electron chi connectivity index (χ2n) is 16.7. The zero-order valence-corrected chi connectivity index (χ0v) is 39.9. The zero-order chi connectivity index (χ0) is 44.4. The molecule has 0 radical (unpaired) electrons. The highest BCUT2D eigenvalue weighted by Gasteiger charge is 2.19. The van der Waals surface area contributed by atoms with Crippen molar-refractivity contribution in [3.8, 4) is 0 Å². The van der Waals surface area contributed by atoms with Crippen LogP contribution in [0.15, 0.2) is 72.9 Å². The quantitative estimate of drug-likeness (QED) is 0.0200. The molecular formula is C55H94O6. The van der Waals surface area contributed by atoms with E-state index in [9.17, 15) is 14.4 Å². The molecule has 0 aliphatic rings. The fourth-order valence-electron chi connectivity index (χ4n) is 6.87. The van der Waals surface area contributed by atoms with Gasteiger partial charge in [0.05, 0.1) is 0 Å². The first-order chi connectivity index (χ1) is 30.0. The summed E-state index contributed by atoms with van der Waals surface area (Å²) in [7, 11) is 0. The van der Waals surface area contributed by atoms with E-state index in [0.717, 1.165) is 103 Å². The predicted molar refractivity (Wildman–Crippen MR) is 261 cm³/mol. The summed E-state index contributed by atoms with van der Waals surface area (Å²) in [6, 6.07) is 0. The molecule has 1 unspecified atom stereocenters. The highest BCUT2D eigenvalue weighted by Crippen LogP contribution is 2.13. The summed E-state index contributed by atoms with van der Waals surface area (Å²) >= 11 is 0. The highest BCUT2D eigenvalue weighted by atomic mass is 16.6. The highest BCUT2D eigenvalue weighted by molar-refractivity contribution is 5.71. The Balaban J connectivity index is 4.42. The first-order valence-corrected chi connectivity index (χ1v) is 25.5. The molecule has 0 aromatic heterocycles. The van der Waals surface area contributed by atoms with Gasteiger partial charge in [0, 0.05) is 19.3 Å². The standard InChI is InChI=1S/C55H94O6/c1-4-7-10-13-16-19-21-23-25-27-28-30-31-33-36-39-42-45-48-54(57)60-51-52(50-59-53(56)47-44-41-38-35-18-15-12-9-6-3)61-55(58)49-46-43-40-37-34-32-29-26-24-22-20-17-14-11-8-5-2/h9,12,18,25-30,32,34-35,52H,4-8,10-11,13-17,19-24,31,33,36-51H2,1-3H3/b12-9-,27-25-,29-26-,30-28-,34-32-,35-18-. The molecule has 0 fully saturated rings. The first-order valence-electron chi connectivity index (χ1n) is 25.5. The van der Waals surface area contributed by atoms with Crippen molar-refractivity contribution in [3.05, 3.63) is 72.9 Å². The minimum absolute atomic E-state index is 0.105. The Morgan fingerprint density at radius 1 is 0.361 bits per heavy atom. The lowest BCUT2D eigenvalue weighted by molar-refractivity contribution is -0.167. The molecule has 61 heavy (non-hydrogen) atoms. The van der Waals surface area contributed by atoms with Gasteiger partial charge in [-0.1, -0.05) is 196 Å². The summed E-state index contributed by atoms with van der Waals surface area (Å²) in [5.74, 6) is -0.984. The van der Waals surface area contributed by atoms with Crippen LogP contribution in [0.25, 0.3) is 0 Å². The molecular weight excluding hydrogens is 757 g/mol. The van der Waals surface area contributed by atoms with E-state index in [1.165, 1.54) is 96.3 Å². The molecule has 0 aliphatic heterocycles. The maximum atomic E-state index is 12.8. The van der Waals surface area contributed by atoms with E-state index in [0.29, 0.717) is 12.8 Å². The number of carbonyl (C=O) groups is 3. The molecule has 0 heterocycles. The van der Waals surface area contributed by atoms with Gasteiger partial charge in [0.25, 0.3) is 0 Å². The van der Waals surface area contributed by atoms with Gasteiger partial charge in [-0.2, -0.15) is 0 Å². The van der Waals surface area contributed by atoms with Crippen molar-refractivity contribution in [1.29, 1.82) is 0 Å². The maximum absolute atomic E-state index is 12.8. The predicted octanol–water partition coefficient (Wildman–Crippen LogP) is 16.6. The molecule has 0 saturated carbocycles. The molecule has 350 valence electrons. The van der Waals surface area contributed by atoms with Crippen molar-refractivity contribution in [2.24, 2.45) is 0 Å². The van der Waals surface area contributed by atoms with Crippen molar-refractivity contribution in [2.75, 3.05) is 13.2 Å². The summed E-state index contributed by atoms with van der Waals surface area (Å²) in [5, 5.41) is 0. The largest absolute Gasteiger partial charge is 0.462 e. The van der Waals surface area contributed by atoms with Crippen LogP contribution >= 0.6 is 0 Å². The lowest BCUT2D eigenvalue weighted by atomic mass is 10.1. The smallest absolute Gasteiger partial charge is 0.306 e. The van der Waals surface area contributed by atoms with E-state index in [2.05, 4.69) is 93.7 Å². The molecule has 0 aromatic carbocycles. The van der Waals surface area contributed by atoms with Crippen LogP contribution in [0.5, 0.6) is 0 Å². The normalized spacial score (nSPS) is 12.6. The van der Waals surface area contributed by atoms with E-state index >= 15 is 0 Å². The molecule has 0 bridgehead atoms. The van der Waals surface area contributed by atoms with Crippen LogP contribution in [-0.4, -0.2) is 37.2 Å². The zero-order valence-electron chi connectivity index (χ0n) is 39.9. The summed E-state index contributed by atoms with van der Waals surface area (Å²) in [4.78, 5) is 37.8. The average Bonchev–Trinajstić information content (AvgIpc) is 3.26. The Bertz CT molecular complexity index is 1160. The number of hydrogen-bond acceptors (Lipinski definition) is 6. The Labute approximate surface area is 376 Å². The number of allylic oxidation sites excluding steroid dienone is 12. The number of hydrogen-bond donors (Lipinski definition) is 0. The Morgan fingerprint density at radius 2 is 0.689 bits per heavy atom. The van der Waals surface area contributed by atoms with E-state index in [4.69, 9.17) is 14.2 Å². The van der Waals surface area contributed by atoms with Crippen LogP contribution in [0.2, 0.25) is 0 Å².